The lowest BCUT2D eigenvalue weighted by Gasteiger charge is -2.18. The molecule has 0 radical (unpaired) electrons. The molecule has 0 aliphatic carbocycles. The van der Waals surface area contributed by atoms with Crippen molar-refractivity contribution >= 4 is 17.5 Å². The highest BCUT2D eigenvalue weighted by Gasteiger charge is 2.11. The summed E-state index contributed by atoms with van der Waals surface area (Å²) in [4.78, 5) is 10.5. The van der Waals surface area contributed by atoms with Gasteiger partial charge in [-0.05, 0) is 37.6 Å². The Morgan fingerprint density at radius 2 is 2.00 bits per heavy atom. The number of benzene rings is 1. The lowest BCUT2D eigenvalue weighted by atomic mass is 10.2. The van der Waals surface area contributed by atoms with Crippen molar-refractivity contribution in [3.8, 4) is 0 Å². The first-order chi connectivity index (χ1) is 9.51. The van der Waals surface area contributed by atoms with Crippen molar-refractivity contribution in [2.45, 2.75) is 13.8 Å². The number of hydrogen-bond acceptors (Lipinski definition) is 5. The second-order valence-corrected chi connectivity index (χ2v) is 4.58. The van der Waals surface area contributed by atoms with Gasteiger partial charge in [-0.1, -0.05) is 17.3 Å². The predicted molar refractivity (Wildman–Crippen MR) is 78.5 cm³/mol. The van der Waals surface area contributed by atoms with E-state index in [-0.39, 0.29) is 5.84 Å². The number of aryl methyl sites for hydroxylation is 2. The molecule has 104 valence electrons. The monoisotopic (exact) mass is 271 g/mol. The Hall–Kier alpha value is -2.63. The maximum Gasteiger partial charge on any atom is 0.230 e. The average Bonchev–Trinajstić information content (AvgIpc) is 2.45. The maximum absolute atomic E-state index is 8.75. The van der Waals surface area contributed by atoms with Crippen LogP contribution in [0.4, 0.5) is 11.6 Å². The van der Waals surface area contributed by atoms with Crippen molar-refractivity contribution in [1.29, 1.82) is 0 Å². The molecule has 0 fully saturated rings. The summed E-state index contributed by atoms with van der Waals surface area (Å²) < 4.78 is 0. The Kier molecular flexibility index (Phi) is 3.84. The van der Waals surface area contributed by atoms with Crippen LogP contribution in [0.5, 0.6) is 0 Å². The molecular weight excluding hydrogens is 254 g/mol. The molecule has 0 saturated heterocycles. The Morgan fingerprint density at radius 1 is 1.25 bits per heavy atom. The van der Waals surface area contributed by atoms with E-state index in [9.17, 15) is 0 Å². The number of nitrogens with zero attached hydrogens (tertiary/aromatic N) is 4. The van der Waals surface area contributed by atoms with Crippen LogP contribution < -0.4 is 10.6 Å². The summed E-state index contributed by atoms with van der Waals surface area (Å²) in [6.45, 7) is 3.86. The van der Waals surface area contributed by atoms with E-state index in [4.69, 9.17) is 10.9 Å². The van der Waals surface area contributed by atoms with Crippen LogP contribution in [-0.4, -0.2) is 28.1 Å². The van der Waals surface area contributed by atoms with E-state index in [1.807, 2.05) is 50.1 Å². The van der Waals surface area contributed by atoms with Crippen molar-refractivity contribution in [2.24, 2.45) is 10.9 Å². The molecule has 1 aromatic heterocycles. The third-order valence-corrected chi connectivity index (χ3v) is 2.90. The van der Waals surface area contributed by atoms with Gasteiger partial charge < -0.3 is 15.8 Å². The fraction of sp³-hybridized carbons (Fsp3) is 0.214. The zero-order valence-electron chi connectivity index (χ0n) is 11.7. The molecule has 20 heavy (non-hydrogen) atoms. The normalized spacial score (nSPS) is 11.4. The molecular formula is C14H17N5O. The first-order valence-corrected chi connectivity index (χ1v) is 6.15. The van der Waals surface area contributed by atoms with Crippen molar-refractivity contribution in [2.75, 3.05) is 11.9 Å². The van der Waals surface area contributed by atoms with Crippen LogP contribution >= 0.6 is 0 Å². The minimum Gasteiger partial charge on any atom is -0.409 e. The molecule has 0 saturated carbocycles. The van der Waals surface area contributed by atoms with Crippen LogP contribution in [0.25, 0.3) is 0 Å². The van der Waals surface area contributed by atoms with Gasteiger partial charge >= 0.3 is 0 Å². The molecule has 6 nitrogen and oxygen atoms in total. The molecule has 1 heterocycles. The fourth-order valence-corrected chi connectivity index (χ4v) is 1.84. The first kappa shape index (κ1) is 13.8. The van der Waals surface area contributed by atoms with E-state index in [0.717, 1.165) is 16.9 Å². The molecule has 0 aliphatic heterocycles. The SMILES string of the molecule is Cc1cccc(N(C)c2nc(C)cc(/C(N)=N/O)n2)c1. The smallest absolute Gasteiger partial charge is 0.230 e. The maximum atomic E-state index is 8.75. The van der Waals surface area contributed by atoms with E-state index in [1.165, 1.54) is 0 Å². The van der Waals surface area contributed by atoms with Gasteiger partial charge in [-0.2, -0.15) is 0 Å². The van der Waals surface area contributed by atoms with Crippen LogP contribution in [0.3, 0.4) is 0 Å². The van der Waals surface area contributed by atoms with E-state index in [2.05, 4.69) is 15.1 Å². The second-order valence-electron chi connectivity index (χ2n) is 4.58. The average molecular weight is 271 g/mol. The molecule has 0 spiro atoms. The summed E-state index contributed by atoms with van der Waals surface area (Å²) in [6.07, 6.45) is 0. The number of rotatable bonds is 3. The highest BCUT2D eigenvalue weighted by molar-refractivity contribution is 5.95. The van der Waals surface area contributed by atoms with E-state index in [1.54, 1.807) is 6.07 Å². The molecule has 1 aromatic carbocycles. The largest absolute Gasteiger partial charge is 0.409 e. The van der Waals surface area contributed by atoms with Gasteiger partial charge in [0.1, 0.15) is 5.69 Å². The number of nitrogens with two attached hydrogens (primary N) is 1. The summed E-state index contributed by atoms with van der Waals surface area (Å²) >= 11 is 0. The second kappa shape index (κ2) is 5.56. The zero-order chi connectivity index (χ0) is 14.7. The van der Waals surface area contributed by atoms with Gasteiger partial charge in [-0.25, -0.2) is 9.97 Å². The van der Waals surface area contributed by atoms with Crippen LogP contribution in [0.2, 0.25) is 0 Å². The lowest BCUT2D eigenvalue weighted by molar-refractivity contribution is 0.318. The zero-order valence-corrected chi connectivity index (χ0v) is 11.7. The number of aromatic nitrogens is 2. The minimum absolute atomic E-state index is 0.0330. The Balaban J connectivity index is 2.44. The molecule has 0 amide bonds. The van der Waals surface area contributed by atoms with Crippen LogP contribution in [-0.2, 0) is 0 Å². The minimum atomic E-state index is -0.0330. The third-order valence-electron chi connectivity index (χ3n) is 2.90. The summed E-state index contributed by atoms with van der Waals surface area (Å²) in [5.41, 5.74) is 8.86. The van der Waals surface area contributed by atoms with E-state index in [0.29, 0.717) is 11.6 Å². The molecule has 0 bridgehead atoms. The summed E-state index contributed by atoms with van der Waals surface area (Å²) in [5.74, 6) is 0.464. The van der Waals surface area contributed by atoms with Crippen LogP contribution in [0.1, 0.15) is 17.0 Å². The standard InChI is InChI=1S/C14H17N5O/c1-9-5-4-6-11(7-9)19(3)14-16-10(2)8-12(17-14)13(15)18-20/h4-8,20H,1-3H3,(H2,15,18). The van der Waals surface area contributed by atoms with Crippen molar-refractivity contribution < 1.29 is 5.21 Å². The van der Waals surface area contributed by atoms with Crippen LogP contribution in [0, 0.1) is 13.8 Å². The lowest BCUT2D eigenvalue weighted by Crippen LogP contribution is -2.20. The summed E-state index contributed by atoms with van der Waals surface area (Å²) in [6, 6.07) is 9.68. The van der Waals surface area contributed by atoms with Gasteiger partial charge in [0.15, 0.2) is 5.84 Å². The van der Waals surface area contributed by atoms with Gasteiger partial charge in [0.2, 0.25) is 5.95 Å². The summed E-state index contributed by atoms with van der Waals surface area (Å²) in [5, 5.41) is 11.7. The van der Waals surface area contributed by atoms with Crippen molar-refractivity contribution in [1.82, 2.24) is 9.97 Å². The van der Waals surface area contributed by atoms with Gasteiger partial charge in [-0.3, -0.25) is 0 Å². The Labute approximate surface area is 117 Å². The quantitative estimate of drug-likeness (QED) is 0.385. The number of anilines is 2. The predicted octanol–water partition coefficient (Wildman–Crippen LogP) is 1.96. The fourth-order valence-electron chi connectivity index (χ4n) is 1.84. The van der Waals surface area contributed by atoms with Gasteiger partial charge in [-0.15, -0.1) is 0 Å². The topological polar surface area (TPSA) is 87.6 Å². The highest BCUT2D eigenvalue weighted by atomic mass is 16.4. The molecule has 2 rings (SSSR count). The number of amidine groups is 1. The highest BCUT2D eigenvalue weighted by Crippen LogP contribution is 2.21. The molecule has 0 atom stereocenters. The molecule has 3 N–H and O–H groups in total. The number of hydrogen-bond donors (Lipinski definition) is 2. The number of oxime groups is 1. The van der Waals surface area contributed by atoms with Crippen molar-refractivity contribution in [3.05, 3.63) is 47.3 Å². The van der Waals surface area contributed by atoms with Crippen LogP contribution in [0.15, 0.2) is 35.5 Å². The van der Waals surface area contributed by atoms with Gasteiger partial charge in [0.05, 0.1) is 0 Å². The molecule has 2 aromatic rings. The Morgan fingerprint density at radius 3 is 2.65 bits per heavy atom. The molecule has 0 unspecified atom stereocenters. The van der Waals surface area contributed by atoms with Gasteiger partial charge in [0, 0.05) is 18.4 Å². The van der Waals surface area contributed by atoms with Crippen molar-refractivity contribution in [3.63, 3.8) is 0 Å². The summed E-state index contributed by atoms with van der Waals surface area (Å²) in [7, 11) is 1.87. The van der Waals surface area contributed by atoms with Gasteiger partial charge in [0.25, 0.3) is 0 Å². The third kappa shape index (κ3) is 2.85. The van der Waals surface area contributed by atoms with E-state index >= 15 is 0 Å². The molecule has 6 heteroatoms. The first-order valence-electron chi connectivity index (χ1n) is 6.15. The molecule has 0 aliphatic rings. The Bertz CT molecular complexity index is 654. The van der Waals surface area contributed by atoms with E-state index < -0.39 is 0 Å².